The van der Waals surface area contributed by atoms with Crippen molar-refractivity contribution in [3.63, 3.8) is 0 Å². The van der Waals surface area contributed by atoms with E-state index in [2.05, 4.69) is 4.74 Å². The summed E-state index contributed by atoms with van der Waals surface area (Å²) in [6.45, 7) is 3.55. The number of nitrogens with one attached hydrogen (secondary N) is 1. The Morgan fingerprint density at radius 1 is 1.08 bits per heavy atom. The molecule has 0 radical (unpaired) electrons. The Morgan fingerprint density at radius 2 is 1.56 bits per heavy atom. The molecule has 0 atom stereocenters. The van der Waals surface area contributed by atoms with Gasteiger partial charge in [-0.2, -0.15) is 13.1 Å². The van der Waals surface area contributed by atoms with Gasteiger partial charge in [-0.15, -0.1) is 0 Å². The van der Waals surface area contributed by atoms with Crippen molar-refractivity contribution in [2.75, 3.05) is 13.1 Å². The maximum atomic E-state index is 14.4. The van der Waals surface area contributed by atoms with Crippen molar-refractivity contribution in [2.24, 2.45) is 0 Å². The Bertz CT molecular complexity index is 787. The van der Waals surface area contributed by atoms with E-state index < -0.39 is 40.9 Å². The van der Waals surface area contributed by atoms with Crippen LogP contribution in [-0.2, 0) is 29.4 Å². The van der Waals surface area contributed by atoms with Gasteiger partial charge in [0, 0.05) is 19.0 Å². The smallest absolute Gasteiger partial charge is 0.455 e. The number of piperidine rings is 1. The number of carbonyl (C=O) groups excluding carboxylic acids is 1. The van der Waals surface area contributed by atoms with E-state index in [4.69, 9.17) is 5.41 Å². The van der Waals surface area contributed by atoms with Crippen LogP contribution < -0.4 is 0 Å². The van der Waals surface area contributed by atoms with Gasteiger partial charge in [-0.25, -0.2) is 21.6 Å². The third-order valence-corrected chi connectivity index (χ3v) is 7.60. The summed E-state index contributed by atoms with van der Waals surface area (Å²) in [7, 11) is -11.6. The van der Waals surface area contributed by atoms with Crippen molar-refractivity contribution in [3.05, 3.63) is 4.91 Å². The molecule has 0 bridgehead atoms. The summed E-state index contributed by atoms with van der Waals surface area (Å²) >= 11 is 0. The molecule has 0 aromatic carbocycles. The van der Waals surface area contributed by atoms with Gasteiger partial charge in [-0.3, -0.25) is 5.41 Å². The van der Waals surface area contributed by atoms with E-state index in [0.717, 1.165) is 5.87 Å². The first-order chi connectivity index (χ1) is 11.2. The topological polar surface area (TPSA) is 122 Å². The molecule has 25 heavy (non-hydrogen) atoms. The van der Waals surface area contributed by atoms with Crippen molar-refractivity contribution < 1.29 is 35.1 Å². The average Bonchev–Trinajstić information content (AvgIpc) is 2.46. The monoisotopic (exact) mass is 402 g/mol. The molecule has 0 saturated carbocycles. The fourth-order valence-electron chi connectivity index (χ4n) is 2.07. The van der Waals surface area contributed by atoms with Crippen LogP contribution in [0.25, 0.3) is 0 Å². The van der Waals surface area contributed by atoms with Crippen LogP contribution in [0.2, 0.25) is 0 Å². The molecule has 1 fully saturated rings. The summed E-state index contributed by atoms with van der Waals surface area (Å²) in [5.41, 5.74) is -1.24. The van der Waals surface area contributed by atoms with Crippen molar-refractivity contribution >= 4 is 31.7 Å². The summed E-state index contributed by atoms with van der Waals surface area (Å²) in [5.74, 6) is -0.681. The normalized spacial score (nSPS) is 17.6. The van der Waals surface area contributed by atoms with Crippen LogP contribution in [0, 0.1) is 5.41 Å². The van der Waals surface area contributed by atoms with Gasteiger partial charge in [0.25, 0.3) is 19.9 Å². The van der Waals surface area contributed by atoms with Gasteiger partial charge in [-0.05, 0) is 33.6 Å². The highest BCUT2D eigenvalue weighted by molar-refractivity contribution is 8.11. The van der Waals surface area contributed by atoms with Crippen molar-refractivity contribution in [2.45, 2.75) is 50.2 Å². The van der Waals surface area contributed by atoms with E-state index in [1.807, 2.05) is 0 Å². The van der Waals surface area contributed by atoms with Gasteiger partial charge in [0.05, 0.1) is 0 Å². The number of alkyl halides is 2. The van der Waals surface area contributed by atoms with Crippen LogP contribution in [0.3, 0.4) is 0 Å². The molecule has 0 amide bonds. The van der Waals surface area contributed by atoms with E-state index in [1.54, 1.807) is 0 Å². The highest BCUT2D eigenvalue weighted by atomic mass is 32.3. The van der Waals surface area contributed by atoms with Crippen LogP contribution in [-0.4, -0.2) is 56.3 Å². The van der Waals surface area contributed by atoms with Crippen LogP contribution in [0.5, 0.6) is 0 Å². The van der Waals surface area contributed by atoms with Gasteiger partial charge in [-0.1, -0.05) is 6.42 Å². The summed E-state index contributed by atoms with van der Waals surface area (Å²) in [4.78, 5) is 9.98. The van der Waals surface area contributed by atoms with Crippen molar-refractivity contribution in [1.29, 1.82) is 5.41 Å². The Labute approximate surface area is 145 Å². The highest BCUT2D eigenvalue weighted by Crippen LogP contribution is 2.37. The van der Waals surface area contributed by atoms with Crippen LogP contribution in [0.1, 0.15) is 40.0 Å². The van der Waals surface area contributed by atoms with Crippen molar-refractivity contribution in [3.8, 4) is 0 Å². The number of nitrogens with zero attached hydrogens (tertiary/aromatic N) is 1. The number of ether oxygens (including phenoxy) is 1. The first-order valence-corrected chi connectivity index (χ1v) is 10.3. The molecule has 1 rings (SSSR count). The van der Waals surface area contributed by atoms with Crippen LogP contribution in [0.15, 0.2) is 4.91 Å². The Balaban J connectivity index is 3.33. The number of esters is 1. The summed E-state index contributed by atoms with van der Waals surface area (Å²) in [6.07, 6.45) is 1.26. The molecule has 144 valence electrons. The third kappa shape index (κ3) is 4.25. The van der Waals surface area contributed by atoms with E-state index >= 15 is 0 Å². The second-order valence-electron chi connectivity index (χ2n) is 6.39. The average molecular weight is 402 g/mol. The SMILES string of the molecule is CC(C)(C)OC(=O)C(=C=N)S(=O)(=O)C(F)(F)S(=O)(=O)N1CCCCC1. The first kappa shape index (κ1) is 21.7. The highest BCUT2D eigenvalue weighted by Gasteiger charge is 2.63. The number of carbonyl (C=O) groups is 1. The van der Waals surface area contributed by atoms with E-state index in [9.17, 15) is 30.4 Å². The number of hydrogen-bond donors (Lipinski definition) is 1. The number of rotatable bonds is 5. The second-order valence-corrected chi connectivity index (χ2v) is 10.6. The van der Waals surface area contributed by atoms with E-state index in [-0.39, 0.29) is 13.1 Å². The van der Waals surface area contributed by atoms with E-state index in [0.29, 0.717) is 23.6 Å². The van der Waals surface area contributed by atoms with Gasteiger partial charge in [0.1, 0.15) is 5.60 Å². The summed E-state index contributed by atoms with van der Waals surface area (Å²) in [6, 6.07) is 0. The third-order valence-electron chi connectivity index (χ3n) is 3.23. The molecule has 1 aliphatic rings. The van der Waals surface area contributed by atoms with E-state index in [1.165, 1.54) is 20.8 Å². The van der Waals surface area contributed by atoms with Gasteiger partial charge in [0.2, 0.25) is 4.91 Å². The molecule has 12 heteroatoms. The maximum absolute atomic E-state index is 14.4. The summed E-state index contributed by atoms with van der Waals surface area (Å²) in [5, 5.41) is 6.87. The second kappa shape index (κ2) is 7.10. The quantitative estimate of drug-likeness (QED) is 0.419. The zero-order valence-corrected chi connectivity index (χ0v) is 15.6. The molecule has 0 aromatic heterocycles. The molecule has 1 heterocycles. The minimum Gasteiger partial charge on any atom is -0.455 e. The van der Waals surface area contributed by atoms with Gasteiger partial charge < -0.3 is 4.74 Å². The maximum Gasteiger partial charge on any atom is 0.464 e. The first-order valence-electron chi connectivity index (χ1n) is 7.33. The fraction of sp³-hybridized carbons (Fsp3) is 0.769. The minimum atomic E-state index is -6.05. The number of sulfone groups is 1. The zero-order valence-electron chi connectivity index (χ0n) is 14.0. The standard InChI is InChI=1S/C13H20F2N2O6S2/c1-12(2,3)23-11(18)10(9-16)24(19,20)13(14,15)25(21,22)17-7-5-4-6-8-17/h16H,4-8H2,1-3H3. The Hall–Kier alpha value is -1.36. The number of sulfonamides is 1. The van der Waals surface area contributed by atoms with Crippen molar-refractivity contribution in [1.82, 2.24) is 4.31 Å². The summed E-state index contributed by atoms with van der Waals surface area (Å²) < 4.78 is 77.1. The molecule has 1 N–H and O–H groups in total. The molecule has 0 spiro atoms. The molecular formula is C13H20F2N2O6S2. The predicted octanol–water partition coefficient (Wildman–Crippen LogP) is 1.24. The molecule has 0 aromatic rings. The fourth-order valence-corrected chi connectivity index (χ4v) is 5.41. The lowest BCUT2D eigenvalue weighted by Gasteiger charge is -2.29. The minimum absolute atomic E-state index is 0.247. The lowest BCUT2D eigenvalue weighted by Crippen LogP contribution is -2.50. The van der Waals surface area contributed by atoms with Crippen LogP contribution >= 0.6 is 0 Å². The molecular weight excluding hydrogens is 382 g/mol. The molecule has 0 unspecified atom stereocenters. The largest absolute Gasteiger partial charge is 0.464 e. The zero-order chi connectivity index (χ0) is 19.7. The molecule has 0 aliphatic carbocycles. The predicted molar refractivity (Wildman–Crippen MR) is 85.3 cm³/mol. The lowest BCUT2D eigenvalue weighted by molar-refractivity contribution is -0.148. The lowest BCUT2D eigenvalue weighted by atomic mass is 10.2. The van der Waals surface area contributed by atoms with Crippen LogP contribution in [0.4, 0.5) is 8.78 Å². The Kier molecular flexibility index (Phi) is 6.16. The molecule has 1 aliphatic heterocycles. The van der Waals surface area contributed by atoms with Gasteiger partial charge in [0.15, 0.2) is 0 Å². The Morgan fingerprint density at radius 3 is 1.96 bits per heavy atom. The van der Waals surface area contributed by atoms with Gasteiger partial charge >= 0.3 is 10.6 Å². The molecule has 8 nitrogen and oxygen atoms in total. The molecule has 1 saturated heterocycles. The number of halogens is 2. The number of hydrogen-bond acceptors (Lipinski definition) is 7.